The number of hydrogen-bond acceptors (Lipinski definition) is 5. The monoisotopic (exact) mass is 386 g/mol. The van der Waals surface area contributed by atoms with Crippen LogP contribution >= 0.6 is 0 Å². The Bertz CT molecular complexity index is 731. The summed E-state index contributed by atoms with van der Waals surface area (Å²) in [5.74, 6) is -1.19. The van der Waals surface area contributed by atoms with Crippen molar-refractivity contribution in [2.45, 2.75) is 71.4 Å². The Morgan fingerprint density at radius 2 is 2.04 bits per heavy atom. The third kappa shape index (κ3) is 4.10. The number of ether oxygens (including phenoxy) is 1. The minimum Gasteiger partial charge on any atom is -0.464 e. The lowest BCUT2D eigenvalue weighted by Crippen LogP contribution is -2.54. The van der Waals surface area contributed by atoms with Crippen LogP contribution in [-0.4, -0.2) is 46.2 Å². The van der Waals surface area contributed by atoms with Gasteiger partial charge < -0.3 is 9.64 Å². The molecule has 0 N–H and O–H groups in total. The van der Waals surface area contributed by atoms with Crippen molar-refractivity contribution in [2.75, 3.05) is 6.61 Å². The molecule has 28 heavy (non-hydrogen) atoms. The molecule has 1 aliphatic carbocycles. The predicted molar refractivity (Wildman–Crippen MR) is 104 cm³/mol. The number of fused-ring (bicyclic) bond motifs is 2. The average Bonchev–Trinajstić information content (AvgIpc) is 3.32. The maximum absolute atomic E-state index is 12.9. The van der Waals surface area contributed by atoms with Gasteiger partial charge in [0, 0.05) is 23.3 Å². The van der Waals surface area contributed by atoms with Crippen LogP contribution in [0.25, 0.3) is 0 Å². The zero-order valence-corrected chi connectivity index (χ0v) is 17.0. The summed E-state index contributed by atoms with van der Waals surface area (Å²) in [5, 5.41) is 0. The minimum atomic E-state index is -0.712. The van der Waals surface area contributed by atoms with Gasteiger partial charge in [0.2, 0.25) is 5.78 Å². The third-order valence-electron chi connectivity index (χ3n) is 6.30. The average molecular weight is 386 g/mol. The Morgan fingerprint density at radius 1 is 1.25 bits per heavy atom. The number of aryl methyl sites for hydroxylation is 1. The molecule has 2 bridgehead atoms. The molecule has 1 saturated carbocycles. The molecular formula is C22H30N2O4. The smallest absolute Gasteiger partial charge is 0.329 e. The predicted octanol–water partition coefficient (Wildman–Crippen LogP) is 2.94. The summed E-state index contributed by atoms with van der Waals surface area (Å²) in [6.45, 7) is 5.76. The van der Waals surface area contributed by atoms with Gasteiger partial charge in [-0.3, -0.25) is 14.6 Å². The number of piperidine rings is 1. The number of aromatic nitrogens is 1. The molecule has 3 atom stereocenters. The van der Waals surface area contributed by atoms with Crippen molar-refractivity contribution < 1.29 is 19.1 Å². The Morgan fingerprint density at radius 3 is 2.71 bits per heavy atom. The van der Waals surface area contributed by atoms with Crippen LogP contribution in [0.5, 0.6) is 0 Å². The standard InChI is InChI=1S/C22H30N2O4/c1-4-22(2,3)19(25)20(26)24-17-11-10-15(14-17)18(24)21(27)28-13-7-9-16-8-5-6-12-23-16/h5-6,8,12,15,17-18H,4,7,9-11,13-14H2,1-3H3/t15-,17+,18+/m0/s1. The lowest BCUT2D eigenvalue weighted by Gasteiger charge is -2.35. The zero-order valence-electron chi connectivity index (χ0n) is 17.0. The lowest BCUT2D eigenvalue weighted by molar-refractivity contribution is -0.161. The quantitative estimate of drug-likeness (QED) is 0.390. The maximum Gasteiger partial charge on any atom is 0.329 e. The lowest BCUT2D eigenvalue weighted by atomic mass is 9.84. The van der Waals surface area contributed by atoms with Crippen molar-refractivity contribution in [3.8, 4) is 0 Å². The molecule has 1 aromatic heterocycles. The molecule has 1 amide bonds. The minimum absolute atomic E-state index is 0.0137. The van der Waals surface area contributed by atoms with Gasteiger partial charge in [-0.2, -0.15) is 0 Å². The Kier molecular flexibility index (Phi) is 6.16. The molecule has 152 valence electrons. The fraction of sp³-hybridized carbons (Fsp3) is 0.636. The summed E-state index contributed by atoms with van der Waals surface area (Å²) >= 11 is 0. The second kappa shape index (κ2) is 8.41. The van der Waals surface area contributed by atoms with Crippen molar-refractivity contribution in [1.82, 2.24) is 9.88 Å². The molecule has 0 spiro atoms. The van der Waals surface area contributed by atoms with Crippen LogP contribution in [-0.2, 0) is 25.5 Å². The summed E-state index contributed by atoms with van der Waals surface area (Å²) in [6.07, 6.45) is 6.31. The van der Waals surface area contributed by atoms with E-state index in [2.05, 4.69) is 4.98 Å². The molecule has 1 aliphatic heterocycles. The topological polar surface area (TPSA) is 76.6 Å². The van der Waals surface area contributed by atoms with E-state index in [1.165, 1.54) is 4.90 Å². The van der Waals surface area contributed by atoms with Crippen LogP contribution in [0.4, 0.5) is 0 Å². The normalized spacial score (nSPS) is 23.7. The molecule has 6 nitrogen and oxygen atoms in total. The number of rotatable bonds is 8. The van der Waals surface area contributed by atoms with E-state index in [1.54, 1.807) is 20.0 Å². The summed E-state index contributed by atoms with van der Waals surface area (Å²) in [6, 6.07) is 5.12. The second-order valence-corrected chi connectivity index (χ2v) is 8.54. The van der Waals surface area contributed by atoms with E-state index in [0.29, 0.717) is 19.4 Å². The molecular weight excluding hydrogens is 356 g/mol. The number of likely N-dealkylation sites (tertiary alicyclic amines) is 1. The van der Waals surface area contributed by atoms with E-state index in [4.69, 9.17) is 4.74 Å². The van der Waals surface area contributed by atoms with Crippen LogP contribution in [0.3, 0.4) is 0 Å². The summed E-state index contributed by atoms with van der Waals surface area (Å²) in [4.78, 5) is 44.2. The fourth-order valence-corrected chi connectivity index (χ4v) is 4.21. The van der Waals surface area contributed by atoms with Gasteiger partial charge in [0.25, 0.3) is 5.91 Å². The zero-order chi connectivity index (χ0) is 20.3. The second-order valence-electron chi connectivity index (χ2n) is 8.54. The van der Waals surface area contributed by atoms with Gasteiger partial charge in [0.05, 0.1) is 6.61 Å². The van der Waals surface area contributed by atoms with E-state index in [0.717, 1.165) is 31.4 Å². The number of hydrogen-bond donors (Lipinski definition) is 0. The van der Waals surface area contributed by atoms with Gasteiger partial charge in [-0.1, -0.05) is 26.8 Å². The Labute approximate surface area is 166 Å². The maximum atomic E-state index is 12.9. The van der Waals surface area contributed by atoms with Gasteiger partial charge >= 0.3 is 5.97 Å². The van der Waals surface area contributed by atoms with Crippen LogP contribution < -0.4 is 0 Å². The number of esters is 1. The van der Waals surface area contributed by atoms with Crippen molar-refractivity contribution in [1.29, 1.82) is 0 Å². The SMILES string of the molecule is CCC(C)(C)C(=O)C(=O)N1[C@@H]2CC[C@@H](C2)[C@@H]1C(=O)OCCCc1ccccn1. The highest BCUT2D eigenvalue weighted by molar-refractivity contribution is 6.38. The molecule has 2 heterocycles. The molecule has 2 fully saturated rings. The highest BCUT2D eigenvalue weighted by Gasteiger charge is 2.54. The highest BCUT2D eigenvalue weighted by atomic mass is 16.5. The van der Waals surface area contributed by atoms with Gasteiger partial charge in [-0.05, 0) is 56.6 Å². The largest absolute Gasteiger partial charge is 0.464 e. The van der Waals surface area contributed by atoms with Gasteiger partial charge in [0.1, 0.15) is 6.04 Å². The molecule has 0 aromatic carbocycles. The first-order valence-electron chi connectivity index (χ1n) is 10.3. The summed E-state index contributed by atoms with van der Waals surface area (Å²) < 4.78 is 5.50. The molecule has 0 radical (unpaired) electrons. The fourth-order valence-electron chi connectivity index (χ4n) is 4.21. The van der Waals surface area contributed by atoms with Crippen LogP contribution in [0.1, 0.15) is 58.6 Å². The van der Waals surface area contributed by atoms with Gasteiger partial charge in [-0.15, -0.1) is 0 Å². The van der Waals surface area contributed by atoms with Crippen molar-refractivity contribution in [3.05, 3.63) is 30.1 Å². The molecule has 6 heteroatoms. The summed E-state index contributed by atoms with van der Waals surface area (Å²) in [5.41, 5.74) is 0.249. The number of carbonyl (C=O) groups is 3. The van der Waals surface area contributed by atoms with E-state index in [-0.39, 0.29) is 17.9 Å². The van der Waals surface area contributed by atoms with Crippen LogP contribution in [0.2, 0.25) is 0 Å². The van der Waals surface area contributed by atoms with Crippen molar-refractivity contribution in [3.63, 3.8) is 0 Å². The number of nitrogens with zero attached hydrogens (tertiary/aromatic N) is 2. The number of Topliss-reactive ketones (excluding diaryl/α,β-unsaturated/α-hetero) is 1. The first-order chi connectivity index (χ1) is 13.3. The van der Waals surface area contributed by atoms with Gasteiger partial charge in [0.15, 0.2) is 0 Å². The van der Waals surface area contributed by atoms with Crippen LogP contribution in [0, 0.1) is 11.3 Å². The van der Waals surface area contributed by atoms with Crippen molar-refractivity contribution >= 4 is 17.7 Å². The Balaban J connectivity index is 1.60. The Hall–Kier alpha value is -2.24. The van der Waals surface area contributed by atoms with Crippen molar-refractivity contribution in [2.24, 2.45) is 11.3 Å². The number of amides is 1. The first-order valence-corrected chi connectivity index (χ1v) is 10.3. The first kappa shape index (κ1) is 20.5. The molecule has 0 unspecified atom stereocenters. The molecule has 1 aromatic rings. The van der Waals surface area contributed by atoms with E-state index < -0.39 is 23.1 Å². The molecule has 1 saturated heterocycles. The number of pyridine rings is 1. The molecule has 3 rings (SSSR count). The van der Waals surface area contributed by atoms with E-state index in [9.17, 15) is 14.4 Å². The molecule has 2 aliphatic rings. The van der Waals surface area contributed by atoms with Gasteiger partial charge in [-0.25, -0.2) is 4.79 Å². The number of ketones is 1. The highest BCUT2D eigenvalue weighted by Crippen LogP contribution is 2.43. The number of carbonyl (C=O) groups excluding carboxylic acids is 3. The van der Waals surface area contributed by atoms with E-state index >= 15 is 0 Å². The van der Waals surface area contributed by atoms with Crippen LogP contribution in [0.15, 0.2) is 24.4 Å². The summed E-state index contributed by atoms with van der Waals surface area (Å²) in [7, 11) is 0. The third-order valence-corrected chi connectivity index (χ3v) is 6.30. The van der Waals surface area contributed by atoms with E-state index in [1.807, 2.05) is 25.1 Å².